The molecule has 6 heterocycles. The monoisotopic (exact) mass is 637 g/mol. The van der Waals surface area contributed by atoms with Crippen molar-refractivity contribution in [1.82, 2.24) is 23.5 Å². The molecule has 6 aromatic heterocycles. The molecule has 0 aliphatic rings. The Morgan fingerprint density at radius 1 is 0.380 bits per heavy atom. The summed E-state index contributed by atoms with van der Waals surface area (Å²) < 4.78 is 13.6. The summed E-state index contributed by atoms with van der Waals surface area (Å²) in [5.74, 6) is 1.49. The summed E-state index contributed by atoms with van der Waals surface area (Å²) >= 11 is 0. The van der Waals surface area contributed by atoms with Crippen molar-refractivity contribution < 1.29 is 4.42 Å². The second-order valence-corrected chi connectivity index (χ2v) is 13.4. The Labute approximate surface area is 282 Å². The van der Waals surface area contributed by atoms with Gasteiger partial charge in [0.25, 0.3) is 0 Å². The van der Waals surface area contributed by atoms with Crippen LogP contribution in [-0.4, -0.2) is 23.5 Å². The van der Waals surface area contributed by atoms with Gasteiger partial charge in [0.1, 0.15) is 11.2 Å². The first-order valence-corrected chi connectivity index (χ1v) is 16.9. The van der Waals surface area contributed by atoms with Gasteiger partial charge in [0.05, 0.1) is 49.5 Å². The van der Waals surface area contributed by atoms with E-state index in [0.717, 1.165) is 66.2 Å². The lowest BCUT2D eigenvalue weighted by Crippen LogP contribution is -2.07. The SMILES string of the molecule is c1ccc2c(-n3c4ccccc4c4ccccc43)nc(-n3c4ccc5oc6ccc7c8ccccc8n8c9cccc3c9c4c5c6c78)nc2c1. The van der Waals surface area contributed by atoms with Gasteiger partial charge in [0.15, 0.2) is 5.82 Å². The lowest BCUT2D eigenvalue weighted by Gasteiger charge is -2.14. The number of hydrogen-bond acceptors (Lipinski definition) is 3. The van der Waals surface area contributed by atoms with Crippen LogP contribution in [0, 0.1) is 0 Å². The molecule has 0 aliphatic heterocycles. The van der Waals surface area contributed by atoms with Crippen LogP contribution >= 0.6 is 0 Å². The molecule has 0 aliphatic carbocycles. The fourth-order valence-corrected chi connectivity index (χ4v) is 9.05. The van der Waals surface area contributed by atoms with Crippen molar-refractivity contribution in [3.8, 4) is 11.8 Å². The molecule has 7 aromatic carbocycles. The van der Waals surface area contributed by atoms with Crippen molar-refractivity contribution in [2.24, 2.45) is 0 Å². The summed E-state index contributed by atoms with van der Waals surface area (Å²) in [5.41, 5.74) is 10.5. The quantitative estimate of drug-likeness (QED) is 0.190. The summed E-state index contributed by atoms with van der Waals surface area (Å²) in [6.45, 7) is 0. The summed E-state index contributed by atoms with van der Waals surface area (Å²) in [6.07, 6.45) is 0. The van der Waals surface area contributed by atoms with Crippen LogP contribution in [0.3, 0.4) is 0 Å². The number of furan rings is 1. The predicted molar refractivity (Wildman–Crippen MR) is 204 cm³/mol. The molecule has 6 nitrogen and oxygen atoms in total. The molecule has 0 N–H and O–H groups in total. The normalized spacial score (nSPS) is 12.8. The number of fused-ring (bicyclic) bond motifs is 8. The van der Waals surface area contributed by atoms with Gasteiger partial charge in [-0.3, -0.25) is 9.13 Å². The Morgan fingerprint density at radius 3 is 1.78 bits per heavy atom. The highest BCUT2D eigenvalue weighted by Gasteiger charge is 2.27. The highest BCUT2D eigenvalue weighted by atomic mass is 16.3. The minimum Gasteiger partial charge on any atom is -0.456 e. The second kappa shape index (κ2) is 8.56. The Morgan fingerprint density at radius 2 is 0.980 bits per heavy atom. The number of rotatable bonds is 2. The van der Waals surface area contributed by atoms with Gasteiger partial charge < -0.3 is 8.82 Å². The number of benzene rings is 7. The summed E-state index contributed by atoms with van der Waals surface area (Å²) in [6, 6.07) is 49.5. The fraction of sp³-hybridized carbons (Fsp3) is 0. The van der Waals surface area contributed by atoms with Crippen LogP contribution in [0.4, 0.5) is 0 Å². The van der Waals surface area contributed by atoms with Crippen LogP contribution < -0.4 is 0 Å². The Hall–Kier alpha value is -6.92. The Kier molecular flexibility index (Phi) is 4.30. The van der Waals surface area contributed by atoms with E-state index in [4.69, 9.17) is 14.4 Å². The number of para-hydroxylation sites is 4. The summed E-state index contributed by atoms with van der Waals surface area (Å²) in [4.78, 5) is 10.8. The minimum absolute atomic E-state index is 0.633. The third-order valence-corrected chi connectivity index (χ3v) is 11.0. The van der Waals surface area contributed by atoms with E-state index < -0.39 is 0 Å². The first-order chi connectivity index (χ1) is 24.8. The Bertz CT molecular complexity index is 3500. The first-order valence-electron chi connectivity index (χ1n) is 16.9. The molecule has 0 atom stereocenters. The average Bonchev–Trinajstić information content (AvgIpc) is 3.88. The zero-order chi connectivity index (χ0) is 32.2. The molecule has 50 heavy (non-hydrogen) atoms. The lowest BCUT2D eigenvalue weighted by atomic mass is 10.0. The van der Waals surface area contributed by atoms with Crippen LogP contribution in [0.2, 0.25) is 0 Å². The highest BCUT2D eigenvalue weighted by molar-refractivity contribution is 6.37. The van der Waals surface area contributed by atoms with Gasteiger partial charge in [-0.05, 0) is 66.7 Å². The molecule has 13 rings (SSSR count). The molecule has 0 radical (unpaired) electrons. The van der Waals surface area contributed by atoms with Crippen molar-refractivity contribution in [3.05, 3.63) is 140 Å². The zero-order valence-electron chi connectivity index (χ0n) is 26.4. The van der Waals surface area contributed by atoms with Crippen molar-refractivity contribution in [2.45, 2.75) is 0 Å². The van der Waals surface area contributed by atoms with Gasteiger partial charge in [0.2, 0.25) is 5.95 Å². The molecular formula is C44H23N5O. The van der Waals surface area contributed by atoms with Crippen LogP contribution in [0.25, 0.3) is 116 Å². The van der Waals surface area contributed by atoms with E-state index in [0.29, 0.717) is 5.95 Å². The van der Waals surface area contributed by atoms with E-state index in [-0.39, 0.29) is 0 Å². The number of nitrogens with zero attached hydrogens (tertiary/aromatic N) is 5. The van der Waals surface area contributed by atoms with E-state index >= 15 is 0 Å². The van der Waals surface area contributed by atoms with Crippen molar-refractivity contribution >= 4 is 104 Å². The predicted octanol–water partition coefficient (Wildman–Crippen LogP) is 11.2. The van der Waals surface area contributed by atoms with Crippen molar-refractivity contribution in [1.29, 1.82) is 0 Å². The van der Waals surface area contributed by atoms with Crippen LogP contribution in [-0.2, 0) is 0 Å². The van der Waals surface area contributed by atoms with Crippen LogP contribution in [0.15, 0.2) is 144 Å². The van der Waals surface area contributed by atoms with Crippen LogP contribution in [0.1, 0.15) is 0 Å². The van der Waals surface area contributed by atoms with Gasteiger partial charge in [-0.2, -0.15) is 4.98 Å². The minimum atomic E-state index is 0.633. The van der Waals surface area contributed by atoms with E-state index in [1.165, 1.54) is 43.4 Å². The number of aromatic nitrogens is 5. The van der Waals surface area contributed by atoms with Gasteiger partial charge >= 0.3 is 0 Å². The molecule has 0 saturated heterocycles. The van der Waals surface area contributed by atoms with E-state index in [1.54, 1.807) is 0 Å². The lowest BCUT2D eigenvalue weighted by molar-refractivity contribution is 0.669. The van der Waals surface area contributed by atoms with E-state index in [9.17, 15) is 0 Å². The molecule has 0 fully saturated rings. The average molecular weight is 638 g/mol. The molecule has 13 aromatic rings. The molecule has 0 amide bonds. The van der Waals surface area contributed by atoms with E-state index in [2.05, 4.69) is 153 Å². The van der Waals surface area contributed by atoms with Gasteiger partial charge in [0, 0.05) is 43.1 Å². The third-order valence-electron chi connectivity index (χ3n) is 11.0. The number of hydrogen-bond donors (Lipinski definition) is 0. The maximum Gasteiger partial charge on any atom is 0.237 e. The standard InChI is InChI=1S/C44H23N5O/c1-5-14-29-28(13-1)43(48-31-16-7-2-10-24(31)25-11-3-8-17-32(25)48)46-44(45-29)49-34-19-9-18-33-38(34)39-35(49)21-23-36-40(39)41-37(50-36)22-20-27-26-12-4-6-15-30(26)47(33)42(27)41/h1-23H. The van der Waals surface area contributed by atoms with Gasteiger partial charge in [-0.15, -0.1) is 0 Å². The molecule has 0 bridgehead atoms. The largest absolute Gasteiger partial charge is 0.456 e. The van der Waals surface area contributed by atoms with Crippen molar-refractivity contribution in [2.75, 3.05) is 0 Å². The smallest absolute Gasteiger partial charge is 0.237 e. The Balaban J connectivity index is 1.25. The summed E-state index contributed by atoms with van der Waals surface area (Å²) in [5, 5.41) is 10.5. The molecule has 6 heteroatoms. The first kappa shape index (κ1) is 25.1. The van der Waals surface area contributed by atoms with E-state index in [1.807, 2.05) is 0 Å². The molecule has 0 saturated carbocycles. The fourth-order valence-electron chi connectivity index (χ4n) is 9.05. The maximum atomic E-state index is 6.60. The molecule has 0 spiro atoms. The highest BCUT2D eigenvalue weighted by Crippen LogP contribution is 2.48. The molecule has 230 valence electrons. The zero-order valence-corrected chi connectivity index (χ0v) is 26.4. The van der Waals surface area contributed by atoms with Gasteiger partial charge in [-0.25, -0.2) is 4.98 Å². The van der Waals surface area contributed by atoms with Gasteiger partial charge in [-0.1, -0.05) is 72.8 Å². The second-order valence-electron chi connectivity index (χ2n) is 13.4. The maximum absolute atomic E-state index is 6.60. The van der Waals surface area contributed by atoms with Crippen molar-refractivity contribution in [3.63, 3.8) is 0 Å². The molecule has 0 unspecified atom stereocenters. The third kappa shape index (κ3) is 2.82. The molecular weight excluding hydrogens is 615 g/mol. The topological polar surface area (TPSA) is 53.2 Å². The van der Waals surface area contributed by atoms with Crippen LogP contribution in [0.5, 0.6) is 0 Å². The summed E-state index contributed by atoms with van der Waals surface area (Å²) in [7, 11) is 0.